The number of nitrogens with zero attached hydrogens (tertiary/aromatic N) is 2. The Morgan fingerprint density at radius 2 is 1.05 bits per heavy atom. The van der Waals surface area contributed by atoms with E-state index in [1.54, 1.807) is 0 Å². The van der Waals surface area contributed by atoms with Crippen LogP contribution in [0, 0.1) is 49.4 Å². The highest BCUT2D eigenvalue weighted by molar-refractivity contribution is 5.24. The number of rotatable bonds is 8. The Balaban J connectivity index is 2.77. The molecular formula is C20H20N2. The van der Waals surface area contributed by atoms with E-state index in [1.165, 1.54) is 11.1 Å². The molecule has 0 aliphatic rings. The van der Waals surface area contributed by atoms with Gasteiger partial charge < -0.3 is 0 Å². The zero-order chi connectivity index (χ0) is 16.2. The average Bonchev–Trinajstić information content (AvgIpc) is 2.49. The summed E-state index contributed by atoms with van der Waals surface area (Å²) in [6.45, 7) is 3.60. The molecule has 110 valence electrons. The largest absolute Gasteiger partial charge is 0.277 e. The standard InChI is InChI=1S/C20H20N2/c1-5-12-21(13-6-2)17-19-10-9-11-20(16-19)18-22(14-7-3)15-8-4/h1-4,9-11,16H,12-15,17-18H2. The lowest BCUT2D eigenvalue weighted by Crippen LogP contribution is -2.25. The fraction of sp³-hybridized carbons (Fsp3) is 0.300. The first-order chi connectivity index (χ1) is 10.7. The van der Waals surface area contributed by atoms with Crippen molar-refractivity contribution in [2.24, 2.45) is 0 Å². The first-order valence-electron chi connectivity index (χ1n) is 6.99. The zero-order valence-electron chi connectivity index (χ0n) is 12.8. The summed E-state index contributed by atoms with van der Waals surface area (Å²) in [4.78, 5) is 4.08. The van der Waals surface area contributed by atoms with Crippen LogP contribution in [0.3, 0.4) is 0 Å². The normalized spacial score (nSPS) is 9.73. The van der Waals surface area contributed by atoms with Crippen LogP contribution in [0.4, 0.5) is 0 Å². The second-order valence-corrected chi connectivity index (χ2v) is 4.93. The molecule has 2 nitrogen and oxygen atoms in total. The van der Waals surface area contributed by atoms with Gasteiger partial charge in [-0.05, 0) is 11.1 Å². The summed E-state index contributed by atoms with van der Waals surface area (Å²) in [6.07, 6.45) is 21.5. The van der Waals surface area contributed by atoms with Crippen molar-refractivity contribution >= 4 is 0 Å². The van der Waals surface area contributed by atoms with E-state index in [-0.39, 0.29) is 0 Å². The number of benzene rings is 1. The maximum atomic E-state index is 5.37. The van der Waals surface area contributed by atoms with Gasteiger partial charge in [0.15, 0.2) is 0 Å². The monoisotopic (exact) mass is 288 g/mol. The lowest BCUT2D eigenvalue weighted by atomic mass is 10.1. The molecule has 0 heterocycles. The lowest BCUT2D eigenvalue weighted by Gasteiger charge is -2.19. The molecule has 0 spiro atoms. The van der Waals surface area contributed by atoms with Crippen molar-refractivity contribution in [2.75, 3.05) is 26.2 Å². The first kappa shape index (κ1) is 17.4. The van der Waals surface area contributed by atoms with Crippen LogP contribution >= 0.6 is 0 Å². The summed E-state index contributed by atoms with van der Waals surface area (Å²) in [5.41, 5.74) is 2.34. The van der Waals surface area contributed by atoms with E-state index in [1.807, 2.05) is 15.9 Å². The fourth-order valence-electron chi connectivity index (χ4n) is 2.19. The van der Waals surface area contributed by atoms with Gasteiger partial charge in [-0.2, -0.15) is 0 Å². The highest BCUT2D eigenvalue weighted by atomic mass is 15.1. The number of hydrogen-bond donors (Lipinski definition) is 0. The van der Waals surface area contributed by atoms with Crippen LogP contribution in [0.5, 0.6) is 0 Å². The molecule has 1 rings (SSSR count). The van der Waals surface area contributed by atoms with Crippen molar-refractivity contribution in [3.8, 4) is 49.4 Å². The molecule has 0 amide bonds. The summed E-state index contributed by atoms with van der Waals surface area (Å²) < 4.78 is 0. The van der Waals surface area contributed by atoms with E-state index >= 15 is 0 Å². The van der Waals surface area contributed by atoms with E-state index in [0.29, 0.717) is 26.2 Å². The number of hydrogen-bond acceptors (Lipinski definition) is 2. The molecule has 1 aromatic rings. The zero-order valence-corrected chi connectivity index (χ0v) is 12.8. The molecule has 0 atom stereocenters. The Hall–Kier alpha value is -2.62. The third-order valence-electron chi connectivity index (χ3n) is 3.06. The van der Waals surface area contributed by atoms with Gasteiger partial charge in [-0.1, -0.05) is 47.9 Å². The molecule has 22 heavy (non-hydrogen) atoms. The molecule has 0 bridgehead atoms. The highest BCUT2D eigenvalue weighted by Crippen LogP contribution is 2.10. The van der Waals surface area contributed by atoms with Crippen LogP contribution in [0.2, 0.25) is 0 Å². The number of terminal acetylenes is 4. The van der Waals surface area contributed by atoms with Gasteiger partial charge in [0.1, 0.15) is 0 Å². The van der Waals surface area contributed by atoms with Crippen LogP contribution in [-0.4, -0.2) is 36.0 Å². The molecule has 0 aliphatic heterocycles. The second kappa shape index (κ2) is 10.2. The molecule has 0 aliphatic carbocycles. The maximum absolute atomic E-state index is 5.37. The molecule has 0 saturated carbocycles. The van der Waals surface area contributed by atoms with Crippen LogP contribution in [0.25, 0.3) is 0 Å². The molecule has 0 radical (unpaired) electrons. The Kier molecular flexibility index (Phi) is 8.05. The van der Waals surface area contributed by atoms with Crippen molar-refractivity contribution in [3.05, 3.63) is 35.4 Å². The highest BCUT2D eigenvalue weighted by Gasteiger charge is 2.06. The maximum Gasteiger partial charge on any atom is 0.0610 e. The topological polar surface area (TPSA) is 6.48 Å². The van der Waals surface area contributed by atoms with Gasteiger partial charge in [0.2, 0.25) is 0 Å². The minimum absolute atomic E-state index is 0.536. The molecule has 0 saturated heterocycles. The van der Waals surface area contributed by atoms with E-state index in [4.69, 9.17) is 25.7 Å². The van der Waals surface area contributed by atoms with Crippen molar-refractivity contribution in [1.29, 1.82) is 0 Å². The predicted octanol–water partition coefficient (Wildman–Crippen LogP) is 1.82. The van der Waals surface area contributed by atoms with Crippen molar-refractivity contribution in [3.63, 3.8) is 0 Å². The summed E-state index contributed by atoms with van der Waals surface area (Å²) in [7, 11) is 0. The van der Waals surface area contributed by atoms with Gasteiger partial charge in [-0.3, -0.25) is 9.80 Å². The summed E-state index contributed by atoms with van der Waals surface area (Å²) in [6, 6.07) is 8.30. The fourth-order valence-corrected chi connectivity index (χ4v) is 2.19. The van der Waals surface area contributed by atoms with E-state index in [9.17, 15) is 0 Å². The van der Waals surface area contributed by atoms with Gasteiger partial charge in [-0.15, -0.1) is 25.7 Å². The predicted molar refractivity (Wildman–Crippen MR) is 92.3 cm³/mol. The minimum Gasteiger partial charge on any atom is -0.277 e. The molecule has 2 heteroatoms. The minimum atomic E-state index is 0.536. The van der Waals surface area contributed by atoms with Crippen LogP contribution < -0.4 is 0 Å². The molecule has 0 unspecified atom stereocenters. The Morgan fingerprint density at radius 1 is 0.682 bits per heavy atom. The molecule has 0 fully saturated rings. The Morgan fingerprint density at radius 3 is 1.36 bits per heavy atom. The molecule has 1 aromatic carbocycles. The van der Waals surface area contributed by atoms with E-state index in [2.05, 4.69) is 41.9 Å². The van der Waals surface area contributed by atoms with Crippen molar-refractivity contribution in [2.45, 2.75) is 13.1 Å². The van der Waals surface area contributed by atoms with E-state index in [0.717, 1.165) is 13.1 Å². The second-order valence-electron chi connectivity index (χ2n) is 4.93. The third-order valence-corrected chi connectivity index (χ3v) is 3.06. The molecule has 0 aromatic heterocycles. The van der Waals surface area contributed by atoms with Crippen molar-refractivity contribution < 1.29 is 0 Å². The van der Waals surface area contributed by atoms with Gasteiger partial charge in [0, 0.05) is 13.1 Å². The Bertz CT molecular complexity index is 546. The smallest absolute Gasteiger partial charge is 0.0610 e. The quantitative estimate of drug-likeness (QED) is 0.673. The summed E-state index contributed by atoms with van der Waals surface area (Å²) in [5, 5.41) is 0. The summed E-state index contributed by atoms with van der Waals surface area (Å²) in [5.74, 6) is 10.5. The van der Waals surface area contributed by atoms with Gasteiger partial charge in [-0.25, -0.2) is 0 Å². The lowest BCUT2D eigenvalue weighted by molar-refractivity contribution is 0.332. The average molecular weight is 288 g/mol. The first-order valence-corrected chi connectivity index (χ1v) is 6.99. The van der Waals surface area contributed by atoms with Gasteiger partial charge in [0.05, 0.1) is 26.2 Å². The van der Waals surface area contributed by atoms with E-state index < -0.39 is 0 Å². The van der Waals surface area contributed by atoms with Crippen LogP contribution in [0.15, 0.2) is 24.3 Å². The molecular weight excluding hydrogens is 268 g/mol. The van der Waals surface area contributed by atoms with Crippen LogP contribution in [0.1, 0.15) is 11.1 Å². The van der Waals surface area contributed by atoms with Crippen molar-refractivity contribution in [1.82, 2.24) is 9.80 Å². The molecule has 0 N–H and O–H groups in total. The van der Waals surface area contributed by atoms with Gasteiger partial charge in [0.25, 0.3) is 0 Å². The van der Waals surface area contributed by atoms with Crippen LogP contribution in [-0.2, 0) is 13.1 Å². The van der Waals surface area contributed by atoms with Gasteiger partial charge >= 0.3 is 0 Å². The summed E-state index contributed by atoms with van der Waals surface area (Å²) >= 11 is 0. The third kappa shape index (κ3) is 6.22. The Labute approximate surface area is 134 Å². The SMILES string of the molecule is C#CCN(CC#C)Cc1cccc(CN(CC#C)CC#C)c1.